The summed E-state index contributed by atoms with van der Waals surface area (Å²) in [5, 5.41) is 0. The number of benzene rings is 1. The fourth-order valence-electron chi connectivity index (χ4n) is 1.77. The minimum absolute atomic E-state index is 0.242. The van der Waals surface area contributed by atoms with Gasteiger partial charge in [0.25, 0.3) is 0 Å². The van der Waals surface area contributed by atoms with E-state index in [1.165, 1.54) is 25.3 Å². The second-order valence-corrected chi connectivity index (χ2v) is 4.05. The molecule has 0 aliphatic carbocycles. The van der Waals surface area contributed by atoms with Gasteiger partial charge in [0.15, 0.2) is 0 Å². The molecule has 0 bridgehead atoms. The number of carbonyl (C=O) groups excluding carboxylic acids is 1. The number of rotatable bonds is 3. The highest BCUT2D eigenvalue weighted by molar-refractivity contribution is 6.23. The molecule has 0 saturated heterocycles. The first-order valence-corrected chi connectivity index (χ1v) is 5.70. The van der Waals surface area contributed by atoms with Crippen molar-refractivity contribution < 1.29 is 13.9 Å². The molecule has 5 heteroatoms. The molecule has 1 aromatic rings. The molecule has 0 unspecified atom stereocenters. The average Bonchev–Trinajstić information content (AvgIpc) is 2.39. The molecular weight excluding hydrogens is 247 g/mol. The molecule has 0 fully saturated rings. The molecule has 0 aliphatic rings. The number of aliphatic imine (C=N–C) groups is 1. The molecule has 0 heterocycles. The quantitative estimate of drug-likeness (QED) is 0.673. The second-order valence-electron chi connectivity index (χ2n) is 4.05. The molecular formula is C14H17FN2O2. The minimum Gasteiger partial charge on any atom is -0.465 e. The number of methoxy groups -OCH3 is 1. The van der Waals surface area contributed by atoms with Crippen LogP contribution in [0.1, 0.15) is 29.8 Å². The molecule has 0 atom stereocenters. The maximum atomic E-state index is 13.9. The van der Waals surface area contributed by atoms with E-state index in [4.69, 9.17) is 5.73 Å². The van der Waals surface area contributed by atoms with Gasteiger partial charge in [-0.25, -0.2) is 9.18 Å². The van der Waals surface area contributed by atoms with Crippen molar-refractivity contribution in [2.75, 3.05) is 14.2 Å². The molecule has 4 nitrogen and oxygen atoms in total. The summed E-state index contributed by atoms with van der Waals surface area (Å²) in [6.07, 6.45) is 0. The van der Waals surface area contributed by atoms with Gasteiger partial charge in [-0.2, -0.15) is 0 Å². The van der Waals surface area contributed by atoms with E-state index in [2.05, 4.69) is 9.73 Å². The number of esters is 1. The lowest BCUT2D eigenvalue weighted by molar-refractivity contribution is 0.0600. The average molecular weight is 264 g/mol. The fraction of sp³-hybridized carbons (Fsp3) is 0.286. The van der Waals surface area contributed by atoms with Crippen LogP contribution in [0.2, 0.25) is 0 Å². The molecule has 2 N–H and O–H groups in total. The van der Waals surface area contributed by atoms with Gasteiger partial charge >= 0.3 is 5.97 Å². The third-order valence-electron chi connectivity index (χ3n) is 2.75. The van der Waals surface area contributed by atoms with E-state index in [-0.39, 0.29) is 11.1 Å². The van der Waals surface area contributed by atoms with Crippen LogP contribution < -0.4 is 5.73 Å². The van der Waals surface area contributed by atoms with Gasteiger partial charge < -0.3 is 10.5 Å². The van der Waals surface area contributed by atoms with E-state index in [9.17, 15) is 9.18 Å². The van der Waals surface area contributed by atoms with Crippen molar-refractivity contribution in [3.8, 4) is 0 Å². The van der Waals surface area contributed by atoms with Gasteiger partial charge in [0.1, 0.15) is 5.82 Å². The lowest BCUT2D eigenvalue weighted by Gasteiger charge is -2.12. The predicted molar refractivity (Wildman–Crippen MR) is 73.6 cm³/mol. The molecule has 0 amide bonds. The zero-order valence-electron chi connectivity index (χ0n) is 11.5. The Morgan fingerprint density at radius 3 is 2.47 bits per heavy atom. The summed E-state index contributed by atoms with van der Waals surface area (Å²) in [4.78, 5) is 15.5. The lowest BCUT2D eigenvalue weighted by Crippen LogP contribution is -2.09. The molecule has 0 aliphatic heterocycles. The van der Waals surface area contributed by atoms with Crippen LogP contribution in [0.5, 0.6) is 0 Å². The number of nitrogens with two attached hydrogens (primary N) is 1. The molecule has 1 rings (SSSR count). The van der Waals surface area contributed by atoms with Crippen LogP contribution in [0.3, 0.4) is 0 Å². The first-order chi connectivity index (χ1) is 8.92. The Kier molecular flexibility index (Phi) is 4.80. The van der Waals surface area contributed by atoms with Gasteiger partial charge in [0.2, 0.25) is 0 Å². The van der Waals surface area contributed by atoms with Crippen LogP contribution >= 0.6 is 0 Å². The lowest BCUT2D eigenvalue weighted by atomic mass is 9.97. The highest BCUT2D eigenvalue weighted by atomic mass is 19.1. The molecule has 0 radical (unpaired) electrons. The van der Waals surface area contributed by atoms with Gasteiger partial charge in [-0.15, -0.1) is 0 Å². The second kappa shape index (κ2) is 6.13. The summed E-state index contributed by atoms with van der Waals surface area (Å²) in [7, 11) is 2.87. The molecule has 0 spiro atoms. The van der Waals surface area contributed by atoms with Crippen LogP contribution in [0.15, 0.2) is 28.9 Å². The van der Waals surface area contributed by atoms with Crippen molar-refractivity contribution in [2.45, 2.75) is 13.8 Å². The Balaban J connectivity index is 3.48. The van der Waals surface area contributed by atoms with Crippen molar-refractivity contribution in [3.63, 3.8) is 0 Å². The zero-order chi connectivity index (χ0) is 14.6. The van der Waals surface area contributed by atoms with Gasteiger partial charge in [-0.1, -0.05) is 0 Å². The predicted octanol–water partition coefficient (Wildman–Crippen LogP) is 2.39. The Labute approximate surface area is 111 Å². The first-order valence-electron chi connectivity index (χ1n) is 5.70. The number of hydrogen-bond acceptors (Lipinski definition) is 4. The van der Waals surface area contributed by atoms with E-state index in [1.54, 1.807) is 20.9 Å². The normalized spacial score (nSPS) is 13.0. The molecule has 102 valence electrons. The van der Waals surface area contributed by atoms with Crippen LogP contribution in [-0.2, 0) is 4.74 Å². The molecule has 0 saturated carbocycles. The summed E-state index contributed by atoms with van der Waals surface area (Å²) < 4.78 is 18.6. The maximum absolute atomic E-state index is 13.9. The number of allylic oxidation sites excluding steroid dienone is 2. The summed E-state index contributed by atoms with van der Waals surface area (Å²) >= 11 is 0. The van der Waals surface area contributed by atoms with E-state index in [1.807, 2.05) is 0 Å². The van der Waals surface area contributed by atoms with Crippen LogP contribution in [0, 0.1) is 5.82 Å². The highest BCUT2D eigenvalue weighted by Gasteiger charge is 2.16. The molecule has 0 aromatic heterocycles. The third-order valence-corrected chi connectivity index (χ3v) is 2.75. The van der Waals surface area contributed by atoms with E-state index < -0.39 is 11.8 Å². The van der Waals surface area contributed by atoms with Crippen molar-refractivity contribution in [2.24, 2.45) is 10.7 Å². The summed E-state index contributed by atoms with van der Waals surface area (Å²) in [6, 6.07) is 4.00. The number of carbonyl (C=O) groups is 1. The Morgan fingerprint density at radius 2 is 2.00 bits per heavy atom. The number of nitrogens with zero attached hydrogens (tertiary/aromatic N) is 1. The third kappa shape index (κ3) is 3.19. The van der Waals surface area contributed by atoms with Crippen LogP contribution in [-0.4, -0.2) is 25.8 Å². The largest absolute Gasteiger partial charge is 0.465 e. The summed E-state index contributed by atoms with van der Waals surface area (Å²) in [5.74, 6) is -0.989. The Morgan fingerprint density at radius 1 is 1.37 bits per heavy atom. The van der Waals surface area contributed by atoms with E-state index in [0.29, 0.717) is 17.0 Å². The first kappa shape index (κ1) is 14.9. The zero-order valence-corrected chi connectivity index (χ0v) is 11.5. The monoisotopic (exact) mass is 264 g/mol. The molecule has 19 heavy (non-hydrogen) atoms. The van der Waals surface area contributed by atoms with Crippen molar-refractivity contribution >= 4 is 17.3 Å². The van der Waals surface area contributed by atoms with Gasteiger partial charge in [-0.05, 0) is 32.0 Å². The van der Waals surface area contributed by atoms with Gasteiger partial charge in [0.05, 0.1) is 12.7 Å². The summed E-state index contributed by atoms with van der Waals surface area (Å²) in [6.45, 7) is 3.39. The highest BCUT2D eigenvalue weighted by Crippen LogP contribution is 2.23. The maximum Gasteiger partial charge on any atom is 0.337 e. The van der Waals surface area contributed by atoms with Crippen LogP contribution in [0.4, 0.5) is 4.39 Å². The van der Waals surface area contributed by atoms with E-state index >= 15 is 0 Å². The van der Waals surface area contributed by atoms with Gasteiger partial charge in [-0.3, -0.25) is 4.99 Å². The SMILES string of the molecule is CN=C(C)C(=C(C)N)c1cc(C(=O)OC)ccc1F. The van der Waals surface area contributed by atoms with Crippen molar-refractivity contribution in [1.29, 1.82) is 0 Å². The topological polar surface area (TPSA) is 64.7 Å². The standard InChI is InChI=1S/C14H17FN2O2/c1-8(16)13(9(2)17-3)11-7-10(14(18)19-4)5-6-12(11)15/h5-7H,16H2,1-4H3. The molecule has 1 aromatic carbocycles. The summed E-state index contributed by atoms with van der Waals surface area (Å²) in [5.41, 5.74) is 7.82. The Bertz CT molecular complexity index is 559. The number of ether oxygens (including phenoxy) is 1. The van der Waals surface area contributed by atoms with Crippen molar-refractivity contribution in [3.05, 3.63) is 40.8 Å². The number of halogens is 1. The minimum atomic E-state index is -0.527. The smallest absolute Gasteiger partial charge is 0.337 e. The van der Waals surface area contributed by atoms with Crippen LogP contribution in [0.25, 0.3) is 5.57 Å². The fourth-order valence-corrected chi connectivity index (χ4v) is 1.77. The van der Waals surface area contributed by atoms with E-state index in [0.717, 1.165) is 0 Å². The van der Waals surface area contributed by atoms with Crippen molar-refractivity contribution in [1.82, 2.24) is 0 Å². The number of hydrogen-bond donors (Lipinski definition) is 1. The Hall–Kier alpha value is -2.17. The van der Waals surface area contributed by atoms with Gasteiger partial charge in [0, 0.05) is 29.6 Å².